The third-order valence-electron chi connectivity index (χ3n) is 1.41. The van der Waals surface area contributed by atoms with Gasteiger partial charge in [-0.3, -0.25) is 0 Å². The van der Waals surface area contributed by atoms with Gasteiger partial charge in [-0.15, -0.1) is 0 Å². The van der Waals surface area contributed by atoms with E-state index in [1.165, 1.54) is 0 Å². The van der Waals surface area contributed by atoms with Crippen LogP contribution >= 0.6 is 15.9 Å². The molecule has 0 aliphatic rings. The topological polar surface area (TPSA) is 38.9 Å². The minimum Gasteiger partial charge on any atom is -0.397 e. The van der Waals surface area contributed by atoms with Gasteiger partial charge in [0, 0.05) is 0 Å². The number of nitrogen functional groups attached to an aromatic ring is 1. The molecule has 0 saturated carbocycles. The number of aryl methyl sites for hydroxylation is 1. The quantitative estimate of drug-likeness (QED) is 0.539. The largest absolute Gasteiger partial charge is 0.397 e. The summed E-state index contributed by atoms with van der Waals surface area (Å²) in [5.41, 5.74) is 7.90. The van der Waals surface area contributed by atoms with Crippen LogP contribution in [0.5, 0.6) is 0 Å². The molecule has 0 fully saturated rings. The highest BCUT2D eigenvalue weighted by atomic mass is 79.9. The monoisotopic (exact) mass is 224 g/mol. The fourth-order valence-corrected chi connectivity index (χ4v) is 0.906. The van der Waals surface area contributed by atoms with Crippen LogP contribution in [0.4, 0.5) is 5.69 Å². The molecule has 0 saturated heterocycles. The molecule has 2 N–H and O–H groups in total. The molecule has 3 heteroatoms. The van der Waals surface area contributed by atoms with Crippen LogP contribution in [0.15, 0.2) is 12.1 Å². The van der Waals surface area contributed by atoms with Gasteiger partial charge in [-0.1, -0.05) is 21.9 Å². The molecule has 2 nitrogen and oxygen atoms in total. The summed E-state index contributed by atoms with van der Waals surface area (Å²) >= 11 is 3.21. The van der Waals surface area contributed by atoms with Crippen molar-refractivity contribution < 1.29 is 0 Å². The highest BCUT2D eigenvalue weighted by Gasteiger charge is 1.94. The lowest BCUT2D eigenvalue weighted by Crippen LogP contribution is -1.94. The average Bonchev–Trinajstić information content (AvgIpc) is 2.07. The zero-order valence-corrected chi connectivity index (χ0v) is 8.35. The van der Waals surface area contributed by atoms with Crippen LogP contribution in [0.1, 0.15) is 11.4 Å². The normalized spacial score (nSPS) is 8.83. The third kappa shape index (κ3) is 2.24. The van der Waals surface area contributed by atoms with Gasteiger partial charge in [0.2, 0.25) is 0 Å². The van der Waals surface area contributed by atoms with Crippen molar-refractivity contribution in [2.45, 2.75) is 6.92 Å². The second kappa shape index (κ2) is 4.13. The first kappa shape index (κ1) is 9.08. The number of alkyl halides is 1. The summed E-state index contributed by atoms with van der Waals surface area (Å²) in [6.07, 6.45) is 0. The van der Waals surface area contributed by atoms with E-state index in [1.807, 2.05) is 19.1 Å². The molecule has 0 radical (unpaired) electrons. The lowest BCUT2D eigenvalue weighted by atomic mass is 10.3. The SMILES string of the molecule is Cc1nc(C#CCBr)ccc1N. The maximum atomic E-state index is 5.60. The molecular formula is C9H9BrN2. The van der Waals surface area contributed by atoms with Gasteiger partial charge in [0.25, 0.3) is 0 Å². The van der Waals surface area contributed by atoms with E-state index in [0.717, 1.165) is 11.4 Å². The smallest absolute Gasteiger partial charge is 0.113 e. The summed E-state index contributed by atoms with van der Waals surface area (Å²) in [5, 5.41) is 0.665. The number of rotatable bonds is 0. The van der Waals surface area contributed by atoms with Crippen molar-refractivity contribution in [1.29, 1.82) is 0 Å². The summed E-state index contributed by atoms with van der Waals surface area (Å²) in [6.45, 7) is 1.87. The number of aromatic nitrogens is 1. The van der Waals surface area contributed by atoms with Gasteiger partial charge in [0.1, 0.15) is 5.69 Å². The van der Waals surface area contributed by atoms with Gasteiger partial charge >= 0.3 is 0 Å². The standard InChI is InChI=1S/C9H9BrN2/c1-7-9(11)5-4-8(12-7)3-2-6-10/h4-5H,6,11H2,1H3. The maximum absolute atomic E-state index is 5.60. The van der Waals surface area contributed by atoms with E-state index in [2.05, 4.69) is 32.8 Å². The molecule has 1 heterocycles. The van der Waals surface area contributed by atoms with Crippen LogP contribution in [-0.2, 0) is 0 Å². The van der Waals surface area contributed by atoms with Crippen LogP contribution in [0.25, 0.3) is 0 Å². The molecule has 0 amide bonds. The molecular weight excluding hydrogens is 216 g/mol. The van der Waals surface area contributed by atoms with Gasteiger partial charge in [-0.2, -0.15) is 0 Å². The zero-order valence-electron chi connectivity index (χ0n) is 6.76. The minimum absolute atomic E-state index is 0.665. The molecule has 0 spiro atoms. The summed E-state index contributed by atoms with van der Waals surface area (Å²) in [5.74, 6) is 5.77. The van der Waals surface area contributed by atoms with Crippen molar-refractivity contribution >= 4 is 21.6 Å². The maximum Gasteiger partial charge on any atom is 0.113 e. The van der Waals surface area contributed by atoms with Gasteiger partial charge in [0.15, 0.2) is 0 Å². The van der Waals surface area contributed by atoms with E-state index in [0.29, 0.717) is 11.0 Å². The molecule has 0 aromatic carbocycles. The number of nitrogens with two attached hydrogens (primary N) is 1. The van der Waals surface area contributed by atoms with Gasteiger partial charge < -0.3 is 5.73 Å². The Kier molecular flexibility index (Phi) is 3.12. The van der Waals surface area contributed by atoms with Crippen LogP contribution < -0.4 is 5.73 Å². The van der Waals surface area contributed by atoms with Crippen LogP contribution in [-0.4, -0.2) is 10.3 Å². The van der Waals surface area contributed by atoms with E-state index in [1.54, 1.807) is 0 Å². The van der Waals surface area contributed by atoms with E-state index in [-0.39, 0.29) is 0 Å². The third-order valence-corrected chi connectivity index (χ3v) is 1.69. The van der Waals surface area contributed by atoms with Crippen LogP contribution in [0.2, 0.25) is 0 Å². The van der Waals surface area contributed by atoms with E-state index in [9.17, 15) is 0 Å². The van der Waals surface area contributed by atoms with Gasteiger partial charge in [0.05, 0.1) is 16.7 Å². The Morgan fingerprint density at radius 2 is 2.33 bits per heavy atom. The Bertz CT molecular complexity index is 336. The van der Waals surface area contributed by atoms with Gasteiger partial charge in [-0.25, -0.2) is 4.98 Å². The second-order valence-electron chi connectivity index (χ2n) is 2.31. The van der Waals surface area contributed by atoms with Gasteiger partial charge in [-0.05, 0) is 25.0 Å². The van der Waals surface area contributed by atoms with Crippen molar-refractivity contribution in [2.75, 3.05) is 11.1 Å². The Balaban J connectivity index is 2.97. The van der Waals surface area contributed by atoms with Crippen molar-refractivity contribution in [3.63, 3.8) is 0 Å². The lowest BCUT2D eigenvalue weighted by molar-refractivity contribution is 1.18. The van der Waals surface area contributed by atoms with E-state index in [4.69, 9.17) is 5.73 Å². The predicted molar refractivity (Wildman–Crippen MR) is 54.1 cm³/mol. The van der Waals surface area contributed by atoms with Crippen molar-refractivity contribution in [2.24, 2.45) is 0 Å². The fraction of sp³-hybridized carbons (Fsp3) is 0.222. The Morgan fingerprint density at radius 1 is 1.58 bits per heavy atom. The number of halogens is 1. The Hall–Kier alpha value is -1.01. The highest BCUT2D eigenvalue weighted by Crippen LogP contribution is 2.06. The van der Waals surface area contributed by atoms with E-state index >= 15 is 0 Å². The molecule has 12 heavy (non-hydrogen) atoms. The number of hydrogen-bond donors (Lipinski definition) is 1. The summed E-state index contributed by atoms with van der Waals surface area (Å²) < 4.78 is 0. The predicted octanol–water partition coefficient (Wildman–Crippen LogP) is 1.72. The molecule has 0 aliphatic carbocycles. The zero-order chi connectivity index (χ0) is 8.97. The average molecular weight is 225 g/mol. The molecule has 0 bridgehead atoms. The van der Waals surface area contributed by atoms with Crippen molar-refractivity contribution in [3.8, 4) is 11.8 Å². The number of hydrogen-bond acceptors (Lipinski definition) is 2. The molecule has 0 aliphatic heterocycles. The van der Waals surface area contributed by atoms with Crippen molar-refractivity contribution in [1.82, 2.24) is 4.98 Å². The second-order valence-corrected chi connectivity index (χ2v) is 2.87. The molecule has 1 aromatic heterocycles. The van der Waals surface area contributed by atoms with Crippen LogP contribution in [0, 0.1) is 18.8 Å². The lowest BCUT2D eigenvalue weighted by Gasteiger charge is -1.97. The summed E-state index contributed by atoms with van der Waals surface area (Å²) in [6, 6.07) is 3.64. The summed E-state index contributed by atoms with van der Waals surface area (Å²) in [4.78, 5) is 4.19. The van der Waals surface area contributed by atoms with Crippen molar-refractivity contribution in [3.05, 3.63) is 23.5 Å². The molecule has 0 unspecified atom stereocenters. The number of nitrogens with zero attached hydrogens (tertiary/aromatic N) is 1. The van der Waals surface area contributed by atoms with Crippen LogP contribution in [0.3, 0.4) is 0 Å². The Labute approximate surface area is 80.3 Å². The first-order valence-corrected chi connectivity index (χ1v) is 4.64. The fourth-order valence-electron chi connectivity index (χ4n) is 0.765. The first-order chi connectivity index (χ1) is 5.74. The number of anilines is 1. The Morgan fingerprint density at radius 3 is 2.92 bits per heavy atom. The summed E-state index contributed by atoms with van der Waals surface area (Å²) in [7, 11) is 0. The first-order valence-electron chi connectivity index (χ1n) is 3.52. The number of pyridine rings is 1. The van der Waals surface area contributed by atoms with E-state index < -0.39 is 0 Å². The molecule has 1 rings (SSSR count). The minimum atomic E-state index is 0.665. The molecule has 1 aromatic rings. The highest BCUT2D eigenvalue weighted by molar-refractivity contribution is 9.09. The molecule has 0 atom stereocenters. The molecule has 62 valence electrons.